The third-order valence-corrected chi connectivity index (χ3v) is 7.25. The molecule has 0 bridgehead atoms. The van der Waals surface area contributed by atoms with Gasteiger partial charge in [0.05, 0.1) is 17.9 Å². The van der Waals surface area contributed by atoms with Crippen LogP contribution in [0.25, 0.3) is 11.3 Å². The Balaban J connectivity index is 1.77. The molecule has 1 saturated heterocycles. The standard InChI is InChI=1S/C26H27F4N5O4S/c1-15(2)14-39-18-12-16(11-17(27)13-18)20-9-8-19(24(32-20)35-10-4-5-21(35)26(28,29)30)25(36)34-40(37,38)23-7-3-6-22(31)33-23/h3,6-9,11-13,15,21H,4-5,10,14H2,1-2H3,(H2,31,33)(H,34,36). The first-order chi connectivity index (χ1) is 18.7. The number of sulfonamides is 1. The van der Waals surface area contributed by atoms with Gasteiger partial charge in [0.25, 0.3) is 15.9 Å². The largest absolute Gasteiger partial charge is 0.493 e. The number of nitrogens with one attached hydrogen (secondary N) is 1. The summed E-state index contributed by atoms with van der Waals surface area (Å²) >= 11 is 0. The molecule has 2 aromatic heterocycles. The zero-order valence-electron chi connectivity index (χ0n) is 21.6. The van der Waals surface area contributed by atoms with Gasteiger partial charge in [-0.2, -0.15) is 21.6 Å². The summed E-state index contributed by atoms with van der Waals surface area (Å²) in [6, 6.07) is 8.06. The van der Waals surface area contributed by atoms with E-state index in [0.29, 0.717) is 6.61 Å². The van der Waals surface area contributed by atoms with E-state index in [9.17, 15) is 30.8 Å². The van der Waals surface area contributed by atoms with E-state index < -0.39 is 44.6 Å². The lowest BCUT2D eigenvalue weighted by Crippen LogP contribution is -2.43. The number of aromatic nitrogens is 2. The van der Waals surface area contributed by atoms with Crippen molar-refractivity contribution in [1.29, 1.82) is 0 Å². The van der Waals surface area contributed by atoms with Crippen molar-refractivity contribution >= 4 is 27.6 Å². The fourth-order valence-electron chi connectivity index (χ4n) is 4.23. The van der Waals surface area contributed by atoms with Gasteiger partial charge in [0.15, 0.2) is 5.03 Å². The lowest BCUT2D eigenvalue weighted by atomic mass is 10.1. The number of nitrogen functional groups attached to an aromatic ring is 1. The number of pyridine rings is 2. The summed E-state index contributed by atoms with van der Waals surface area (Å²) in [5.41, 5.74) is 5.39. The SMILES string of the molecule is CC(C)COc1cc(F)cc(-c2ccc(C(=O)NS(=O)(=O)c3cccc(N)n3)c(N3CCCC3C(F)(F)F)n2)c1. The number of benzene rings is 1. The molecule has 1 amide bonds. The first-order valence-corrected chi connectivity index (χ1v) is 13.8. The number of carbonyl (C=O) groups is 1. The molecule has 214 valence electrons. The van der Waals surface area contributed by atoms with Crippen molar-refractivity contribution in [2.24, 2.45) is 5.92 Å². The molecular weight excluding hydrogens is 554 g/mol. The lowest BCUT2D eigenvalue weighted by Gasteiger charge is -2.29. The molecule has 14 heteroatoms. The number of nitrogens with zero attached hydrogens (tertiary/aromatic N) is 3. The predicted molar refractivity (Wildman–Crippen MR) is 140 cm³/mol. The molecule has 1 aliphatic rings. The second-order valence-corrected chi connectivity index (χ2v) is 11.3. The summed E-state index contributed by atoms with van der Waals surface area (Å²) in [4.78, 5) is 22.1. The number of ether oxygens (including phenoxy) is 1. The van der Waals surface area contributed by atoms with Gasteiger partial charge in [0, 0.05) is 18.2 Å². The Bertz CT molecular complexity index is 1520. The lowest BCUT2D eigenvalue weighted by molar-refractivity contribution is -0.146. The molecule has 3 N–H and O–H groups in total. The highest BCUT2D eigenvalue weighted by molar-refractivity contribution is 7.90. The third-order valence-electron chi connectivity index (χ3n) is 6.02. The molecule has 0 aliphatic carbocycles. The summed E-state index contributed by atoms with van der Waals surface area (Å²) < 4.78 is 89.1. The van der Waals surface area contributed by atoms with Gasteiger partial charge < -0.3 is 15.4 Å². The van der Waals surface area contributed by atoms with Crippen molar-refractivity contribution < 1.29 is 35.5 Å². The highest BCUT2D eigenvalue weighted by atomic mass is 32.2. The van der Waals surface area contributed by atoms with Crippen LogP contribution >= 0.6 is 0 Å². The van der Waals surface area contributed by atoms with Crippen molar-refractivity contribution in [2.45, 2.75) is 43.9 Å². The smallest absolute Gasteiger partial charge is 0.408 e. The van der Waals surface area contributed by atoms with E-state index in [-0.39, 0.29) is 53.9 Å². The topological polar surface area (TPSA) is 128 Å². The molecule has 4 rings (SSSR count). The van der Waals surface area contributed by atoms with Crippen LogP contribution in [0.4, 0.5) is 29.2 Å². The average molecular weight is 582 g/mol. The maximum atomic E-state index is 14.4. The number of alkyl halides is 3. The normalized spacial score (nSPS) is 15.9. The van der Waals surface area contributed by atoms with Crippen molar-refractivity contribution in [3.63, 3.8) is 0 Å². The Labute approximate surface area is 228 Å². The summed E-state index contributed by atoms with van der Waals surface area (Å²) in [7, 11) is -4.52. The second kappa shape index (κ2) is 11.3. The van der Waals surface area contributed by atoms with Crippen LogP contribution in [0.15, 0.2) is 53.6 Å². The number of halogens is 4. The molecule has 0 spiro atoms. The van der Waals surface area contributed by atoms with Crippen molar-refractivity contribution in [2.75, 3.05) is 23.8 Å². The van der Waals surface area contributed by atoms with Crippen molar-refractivity contribution in [3.05, 3.63) is 59.9 Å². The molecule has 1 fully saturated rings. The van der Waals surface area contributed by atoms with Crippen LogP contribution in [0.5, 0.6) is 5.75 Å². The van der Waals surface area contributed by atoms with Gasteiger partial charge in [-0.1, -0.05) is 19.9 Å². The van der Waals surface area contributed by atoms with Gasteiger partial charge in [-0.05, 0) is 55.2 Å². The minimum Gasteiger partial charge on any atom is -0.493 e. The molecule has 0 radical (unpaired) electrons. The van der Waals surface area contributed by atoms with Crippen molar-refractivity contribution in [1.82, 2.24) is 14.7 Å². The highest BCUT2D eigenvalue weighted by Gasteiger charge is 2.47. The number of hydrogen-bond acceptors (Lipinski definition) is 8. The zero-order valence-corrected chi connectivity index (χ0v) is 22.4. The van der Waals surface area contributed by atoms with E-state index in [1.165, 1.54) is 30.3 Å². The maximum absolute atomic E-state index is 14.4. The number of anilines is 2. The van der Waals surface area contributed by atoms with Crippen LogP contribution in [0.1, 0.15) is 37.0 Å². The third kappa shape index (κ3) is 6.61. The molecule has 1 atom stereocenters. The number of rotatable bonds is 8. The summed E-state index contributed by atoms with van der Waals surface area (Å²) in [6.07, 6.45) is -4.72. The number of nitrogens with two attached hydrogens (primary N) is 1. The minimum atomic E-state index is -4.64. The number of hydrogen-bond donors (Lipinski definition) is 2. The van der Waals surface area contributed by atoms with Gasteiger partial charge in [-0.15, -0.1) is 0 Å². The van der Waals surface area contributed by atoms with E-state index in [4.69, 9.17) is 10.5 Å². The Hall–Kier alpha value is -3.94. The van der Waals surface area contributed by atoms with Crippen LogP contribution in [-0.2, 0) is 10.0 Å². The molecule has 0 saturated carbocycles. The molecule has 1 aromatic carbocycles. The molecule has 3 aromatic rings. The van der Waals surface area contributed by atoms with Crippen LogP contribution in [-0.4, -0.2) is 49.7 Å². The maximum Gasteiger partial charge on any atom is 0.408 e. The van der Waals surface area contributed by atoms with Crippen LogP contribution in [0.2, 0.25) is 0 Å². The molecule has 3 heterocycles. The van der Waals surface area contributed by atoms with E-state index in [1.807, 2.05) is 18.6 Å². The number of amides is 1. The van der Waals surface area contributed by atoms with E-state index in [1.54, 1.807) is 0 Å². The molecule has 9 nitrogen and oxygen atoms in total. The number of carbonyl (C=O) groups excluding carboxylic acids is 1. The van der Waals surface area contributed by atoms with Crippen molar-refractivity contribution in [3.8, 4) is 17.0 Å². The second-order valence-electron chi connectivity index (χ2n) is 9.68. The Kier molecular flexibility index (Phi) is 8.19. The van der Waals surface area contributed by atoms with E-state index in [2.05, 4.69) is 9.97 Å². The quantitative estimate of drug-likeness (QED) is 0.371. The van der Waals surface area contributed by atoms with Gasteiger partial charge >= 0.3 is 6.18 Å². The van der Waals surface area contributed by atoms with Crippen LogP contribution in [0.3, 0.4) is 0 Å². The van der Waals surface area contributed by atoms with Crippen LogP contribution < -0.4 is 20.1 Å². The summed E-state index contributed by atoms with van der Waals surface area (Å²) in [6.45, 7) is 4.04. The molecule has 40 heavy (non-hydrogen) atoms. The van der Waals surface area contributed by atoms with Crippen LogP contribution in [0, 0.1) is 11.7 Å². The molecule has 1 unspecified atom stereocenters. The average Bonchev–Trinajstić information content (AvgIpc) is 3.37. The highest BCUT2D eigenvalue weighted by Crippen LogP contribution is 2.38. The molecule has 1 aliphatic heterocycles. The molecular formula is C26H27F4N5O4S. The van der Waals surface area contributed by atoms with Gasteiger partial charge in [-0.25, -0.2) is 19.1 Å². The van der Waals surface area contributed by atoms with E-state index >= 15 is 0 Å². The van der Waals surface area contributed by atoms with Gasteiger partial charge in [0.1, 0.15) is 29.2 Å². The first kappa shape index (κ1) is 29.1. The zero-order chi connectivity index (χ0) is 29.2. The monoisotopic (exact) mass is 581 g/mol. The summed E-state index contributed by atoms with van der Waals surface area (Å²) in [5.74, 6) is -2.02. The fourth-order valence-corrected chi connectivity index (χ4v) is 5.17. The van der Waals surface area contributed by atoms with Gasteiger partial charge in [-0.3, -0.25) is 4.79 Å². The minimum absolute atomic E-state index is 0.0635. The Morgan fingerprint density at radius 3 is 2.60 bits per heavy atom. The summed E-state index contributed by atoms with van der Waals surface area (Å²) in [5, 5.41) is -0.546. The first-order valence-electron chi connectivity index (χ1n) is 12.3. The Morgan fingerprint density at radius 1 is 1.18 bits per heavy atom. The predicted octanol–water partition coefficient (Wildman–Crippen LogP) is 4.55. The van der Waals surface area contributed by atoms with Gasteiger partial charge in [0.2, 0.25) is 0 Å². The fraction of sp³-hybridized carbons (Fsp3) is 0.346. The Morgan fingerprint density at radius 2 is 1.93 bits per heavy atom. The van der Waals surface area contributed by atoms with E-state index in [0.717, 1.165) is 23.1 Å².